The van der Waals surface area contributed by atoms with Gasteiger partial charge in [0.1, 0.15) is 0 Å². The van der Waals surface area contributed by atoms with E-state index >= 15 is 0 Å². The van der Waals surface area contributed by atoms with Crippen LogP contribution in [0.25, 0.3) is 0 Å². The zero-order chi connectivity index (χ0) is 10.1. The van der Waals surface area contributed by atoms with Crippen LogP contribution in [0.2, 0.25) is 0 Å². The van der Waals surface area contributed by atoms with Crippen molar-refractivity contribution < 1.29 is 0 Å². The van der Waals surface area contributed by atoms with Gasteiger partial charge in [-0.15, -0.1) is 0 Å². The number of hydrogen-bond donors (Lipinski definition) is 1. The predicted molar refractivity (Wildman–Crippen MR) is 60.3 cm³/mol. The summed E-state index contributed by atoms with van der Waals surface area (Å²) in [6.45, 7) is 12.2. The average molecular weight is 196 g/mol. The average Bonchev–Trinajstić information content (AvgIpc) is 2.49. The molecule has 14 heavy (non-hydrogen) atoms. The first kappa shape index (κ1) is 10.4. The van der Waals surface area contributed by atoms with E-state index < -0.39 is 0 Å². The van der Waals surface area contributed by atoms with Gasteiger partial charge in [-0.1, -0.05) is 20.8 Å². The smallest absolute Gasteiger partial charge is 0.0258 e. The molecule has 0 amide bonds. The summed E-state index contributed by atoms with van der Waals surface area (Å²) in [4.78, 5) is 2.73. The molecule has 4 atom stereocenters. The van der Waals surface area contributed by atoms with Crippen molar-refractivity contribution >= 4 is 0 Å². The lowest BCUT2D eigenvalue weighted by Crippen LogP contribution is -2.47. The van der Waals surface area contributed by atoms with Gasteiger partial charge in [-0.2, -0.15) is 0 Å². The standard InChI is InChI=1S/C12H24N2/c1-9-4-10(2)8-14(7-9)12-6-13-5-11(12)3/h9-13H,4-8H2,1-3H3. The van der Waals surface area contributed by atoms with Crippen molar-refractivity contribution in [1.82, 2.24) is 10.2 Å². The fourth-order valence-electron chi connectivity index (χ4n) is 3.27. The Labute approximate surface area is 88.1 Å². The summed E-state index contributed by atoms with van der Waals surface area (Å²) in [7, 11) is 0. The number of likely N-dealkylation sites (tertiary alicyclic amines) is 1. The molecule has 2 saturated heterocycles. The second-order valence-corrected chi connectivity index (χ2v) is 5.60. The maximum atomic E-state index is 3.51. The molecule has 0 bridgehead atoms. The summed E-state index contributed by atoms with van der Waals surface area (Å²) in [6, 6.07) is 0.806. The van der Waals surface area contributed by atoms with Gasteiger partial charge in [0.2, 0.25) is 0 Å². The second kappa shape index (κ2) is 4.19. The zero-order valence-corrected chi connectivity index (χ0v) is 9.79. The van der Waals surface area contributed by atoms with Gasteiger partial charge in [-0.05, 0) is 30.7 Å². The van der Waals surface area contributed by atoms with Crippen LogP contribution in [0.4, 0.5) is 0 Å². The van der Waals surface area contributed by atoms with Crippen LogP contribution in [0.3, 0.4) is 0 Å². The number of rotatable bonds is 1. The lowest BCUT2D eigenvalue weighted by atomic mass is 9.89. The highest BCUT2D eigenvalue weighted by atomic mass is 15.2. The SMILES string of the molecule is CC1CC(C)CN(C2CNCC2C)C1. The minimum Gasteiger partial charge on any atom is -0.315 e. The largest absolute Gasteiger partial charge is 0.315 e. The van der Waals surface area contributed by atoms with Crippen molar-refractivity contribution in [3.05, 3.63) is 0 Å². The molecule has 0 saturated carbocycles. The first-order chi connectivity index (χ1) is 6.66. The first-order valence-corrected chi connectivity index (χ1v) is 6.11. The van der Waals surface area contributed by atoms with E-state index in [-0.39, 0.29) is 0 Å². The van der Waals surface area contributed by atoms with Crippen LogP contribution in [0.1, 0.15) is 27.2 Å². The second-order valence-electron chi connectivity index (χ2n) is 5.60. The van der Waals surface area contributed by atoms with Crippen molar-refractivity contribution in [1.29, 1.82) is 0 Å². The minimum absolute atomic E-state index is 0.806. The first-order valence-electron chi connectivity index (χ1n) is 6.11. The van der Waals surface area contributed by atoms with Gasteiger partial charge >= 0.3 is 0 Å². The van der Waals surface area contributed by atoms with Crippen LogP contribution >= 0.6 is 0 Å². The summed E-state index contributed by atoms with van der Waals surface area (Å²) < 4.78 is 0. The Morgan fingerprint density at radius 1 is 1.00 bits per heavy atom. The van der Waals surface area contributed by atoms with Gasteiger partial charge < -0.3 is 5.32 Å². The molecular formula is C12H24N2. The number of nitrogens with zero attached hydrogens (tertiary/aromatic N) is 1. The Morgan fingerprint density at radius 3 is 2.14 bits per heavy atom. The quantitative estimate of drug-likeness (QED) is 0.685. The van der Waals surface area contributed by atoms with Crippen molar-refractivity contribution in [2.75, 3.05) is 26.2 Å². The van der Waals surface area contributed by atoms with E-state index in [0.29, 0.717) is 0 Å². The van der Waals surface area contributed by atoms with Crippen LogP contribution in [-0.2, 0) is 0 Å². The van der Waals surface area contributed by atoms with Crippen LogP contribution in [0.15, 0.2) is 0 Å². The third kappa shape index (κ3) is 2.12. The molecule has 0 aromatic carbocycles. The highest BCUT2D eigenvalue weighted by Gasteiger charge is 2.32. The van der Waals surface area contributed by atoms with E-state index in [1.54, 1.807) is 0 Å². The molecule has 4 unspecified atom stereocenters. The lowest BCUT2D eigenvalue weighted by molar-refractivity contribution is 0.0869. The summed E-state index contributed by atoms with van der Waals surface area (Å²) in [5.41, 5.74) is 0. The van der Waals surface area contributed by atoms with E-state index in [0.717, 1.165) is 23.8 Å². The summed E-state index contributed by atoms with van der Waals surface area (Å²) in [5, 5.41) is 3.51. The van der Waals surface area contributed by atoms with Crippen LogP contribution in [0, 0.1) is 17.8 Å². The Bertz CT molecular complexity index is 183. The van der Waals surface area contributed by atoms with Crippen molar-refractivity contribution in [3.63, 3.8) is 0 Å². The van der Waals surface area contributed by atoms with E-state index in [2.05, 4.69) is 31.0 Å². The monoisotopic (exact) mass is 196 g/mol. The number of hydrogen-bond acceptors (Lipinski definition) is 2. The fourth-order valence-corrected chi connectivity index (χ4v) is 3.27. The van der Waals surface area contributed by atoms with Crippen LogP contribution in [0.5, 0.6) is 0 Å². The molecule has 0 aromatic rings. The maximum Gasteiger partial charge on any atom is 0.0258 e. The molecule has 2 heterocycles. The molecule has 1 N–H and O–H groups in total. The third-order valence-corrected chi connectivity index (χ3v) is 3.84. The predicted octanol–water partition coefficient (Wildman–Crippen LogP) is 1.57. The highest BCUT2D eigenvalue weighted by Crippen LogP contribution is 2.26. The van der Waals surface area contributed by atoms with Crippen LogP contribution in [-0.4, -0.2) is 37.1 Å². The summed E-state index contributed by atoms with van der Waals surface area (Å²) >= 11 is 0. The molecule has 0 spiro atoms. The van der Waals surface area contributed by atoms with Gasteiger partial charge in [-0.3, -0.25) is 4.90 Å². The third-order valence-electron chi connectivity index (χ3n) is 3.84. The maximum absolute atomic E-state index is 3.51. The molecule has 0 aliphatic carbocycles. The Hall–Kier alpha value is -0.0800. The highest BCUT2D eigenvalue weighted by molar-refractivity contribution is 4.89. The normalized spacial score (nSPS) is 45.6. The molecule has 82 valence electrons. The summed E-state index contributed by atoms with van der Waals surface area (Å²) in [6.07, 6.45) is 1.42. The van der Waals surface area contributed by atoms with E-state index in [1.165, 1.54) is 32.6 Å². The van der Waals surface area contributed by atoms with E-state index in [1.807, 2.05) is 0 Å². The molecular weight excluding hydrogens is 172 g/mol. The van der Waals surface area contributed by atoms with Gasteiger partial charge in [-0.25, -0.2) is 0 Å². The van der Waals surface area contributed by atoms with Gasteiger partial charge in [0.05, 0.1) is 0 Å². The molecule has 2 aliphatic heterocycles. The molecule has 2 heteroatoms. The van der Waals surface area contributed by atoms with Gasteiger partial charge in [0.25, 0.3) is 0 Å². The molecule has 0 aromatic heterocycles. The molecule has 2 aliphatic rings. The Kier molecular flexibility index (Phi) is 3.13. The molecule has 2 fully saturated rings. The Balaban J connectivity index is 1.95. The zero-order valence-electron chi connectivity index (χ0n) is 9.79. The van der Waals surface area contributed by atoms with Crippen molar-refractivity contribution in [2.24, 2.45) is 17.8 Å². The molecule has 2 rings (SSSR count). The fraction of sp³-hybridized carbons (Fsp3) is 1.00. The van der Waals surface area contributed by atoms with Crippen molar-refractivity contribution in [3.8, 4) is 0 Å². The van der Waals surface area contributed by atoms with Crippen LogP contribution < -0.4 is 5.32 Å². The van der Waals surface area contributed by atoms with Crippen molar-refractivity contribution in [2.45, 2.75) is 33.2 Å². The lowest BCUT2D eigenvalue weighted by Gasteiger charge is -2.40. The Morgan fingerprint density at radius 2 is 1.64 bits per heavy atom. The van der Waals surface area contributed by atoms with E-state index in [9.17, 15) is 0 Å². The number of nitrogens with one attached hydrogen (secondary N) is 1. The molecule has 2 nitrogen and oxygen atoms in total. The van der Waals surface area contributed by atoms with E-state index in [4.69, 9.17) is 0 Å². The van der Waals surface area contributed by atoms with Gasteiger partial charge in [0.15, 0.2) is 0 Å². The number of piperidine rings is 1. The minimum atomic E-state index is 0.806. The summed E-state index contributed by atoms with van der Waals surface area (Å²) in [5.74, 6) is 2.63. The van der Waals surface area contributed by atoms with Gasteiger partial charge in [0, 0.05) is 25.7 Å². The molecule has 0 radical (unpaired) electrons. The topological polar surface area (TPSA) is 15.3 Å².